The number of hydrogen-bond donors (Lipinski definition) is 1. The van der Waals surface area contributed by atoms with Gasteiger partial charge in [0.2, 0.25) is 0 Å². The fourth-order valence-corrected chi connectivity index (χ4v) is 2.92. The normalized spacial score (nSPS) is 11.2. The minimum Gasteiger partial charge on any atom is -0.493 e. The molecule has 2 rings (SSSR count). The third kappa shape index (κ3) is 6.97. The summed E-state index contributed by atoms with van der Waals surface area (Å²) in [6.45, 7) is 4.56. The lowest BCUT2D eigenvalue weighted by molar-refractivity contribution is -0.132. The lowest BCUT2D eigenvalue weighted by atomic mass is 10.1. The summed E-state index contributed by atoms with van der Waals surface area (Å²) in [5.41, 5.74) is 1.78. The van der Waals surface area contributed by atoms with Crippen LogP contribution in [0.15, 0.2) is 59.6 Å². The summed E-state index contributed by atoms with van der Waals surface area (Å²) in [7, 11) is 1.57. The molecule has 29 heavy (non-hydrogen) atoms. The largest absolute Gasteiger partial charge is 0.493 e. The fraction of sp³-hybridized carbons (Fsp3) is 0.261. The summed E-state index contributed by atoms with van der Waals surface area (Å²) in [6.07, 6.45) is 6.77. The molecule has 1 atom stereocenters. The van der Waals surface area contributed by atoms with E-state index < -0.39 is 6.10 Å². The molecule has 0 aliphatic rings. The molecule has 2 aromatic rings. The van der Waals surface area contributed by atoms with Crippen LogP contribution in [0.25, 0.3) is 0 Å². The van der Waals surface area contributed by atoms with E-state index in [1.165, 1.54) is 0 Å². The maximum absolute atomic E-state index is 12.7. The molecule has 6 heteroatoms. The van der Waals surface area contributed by atoms with Crippen molar-refractivity contribution in [2.45, 2.75) is 12.5 Å². The SMILES string of the molecule is C#CCOc1ccc(CCNC(=O)C(OCC=C)c2ccc(Br)cc2)cc1OC. The minimum atomic E-state index is -0.699. The van der Waals surface area contributed by atoms with Crippen molar-refractivity contribution in [1.82, 2.24) is 5.32 Å². The second kappa shape index (κ2) is 11.9. The second-order valence-corrected chi connectivity index (χ2v) is 6.99. The highest BCUT2D eigenvalue weighted by Crippen LogP contribution is 2.28. The van der Waals surface area contributed by atoms with E-state index >= 15 is 0 Å². The molecular weight excluding hydrogens is 434 g/mol. The van der Waals surface area contributed by atoms with Gasteiger partial charge in [0.25, 0.3) is 5.91 Å². The molecule has 0 radical (unpaired) electrons. The molecule has 2 aromatic carbocycles. The number of carbonyl (C=O) groups excluding carboxylic acids is 1. The van der Waals surface area contributed by atoms with Crippen LogP contribution < -0.4 is 14.8 Å². The van der Waals surface area contributed by atoms with Crippen LogP contribution in [-0.2, 0) is 16.0 Å². The molecule has 0 fully saturated rings. The summed E-state index contributed by atoms with van der Waals surface area (Å²) in [4.78, 5) is 12.7. The zero-order chi connectivity index (χ0) is 21.1. The summed E-state index contributed by atoms with van der Waals surface area (Å²) in [6, 6.07) is 13.1. The first-order valence-electron chi connectivity index (χ1n) is 9.08. The van der Waals surface area contributed by atoms with Gasteiger partial charge in [-0.15, -0.1) is 13.0 Å². The standard InChI is InChI=1S/C23H24BrNO4/c1-4-14-28-20-11-6-17(16-21(20)27-3)12-13-25-23(26)22(29-15-5-2)18-7-9-19(24)10-8-18/h1,5-11,16,22H,2,12-15H2,3H3,(H,25,26). The molecule has 0 heterocycles. The number of terminal acetylenes is 1. The molecule has 0 saturated carbocycles. The summed E-state index contributed by atoms with van der Waals surface area (Å²) in [5, 5.41) is 2.93. The van der Waals surface area contributed by atoms with Gasteiger partial charge in [0.15, 0.2) is 17.6 Å². The average Bonchev–Trinajstić information content (AvgIpc) is 2.74. The minimum absolute atomic E-state index is 0.175. The molecule has 1 unspecified atom stereocenters. The molecule has 0 bridgehead atoms. The van der Waals surface area contributed by atoms with E-state index in [1.54, 1.807) is 13.2 Å². The van der Waals surface area contributed by atoms with Gasteiger partial charge in [-0.2, -0.15) is 0 Å². The number of amides is 1. The molecule has 152 valence electrons. The van der Waals surface area contributed by atoms with Crippen molar-refractivity contribution in [2.75, 3.05) is 26.9 Å². The van der Waals surface area contributed by atoms with Crippen molar-refractivity contribution in [3.63, 3.8) is 0 Å². The third-order valence-electron chi connectivity index (χ3n) is 4.04. The first kappa shape index (κ1) is 22.5. The van der Waals surface area contributed by atoms with Crippen LogP contribution in [0.5, 0.6) is 11.5 Å². The van der Waals surface area contributed by atoms with E-state index in [-0.39, 0.29) is 19.1 Å². The van der Waals surface area contributed by atoms with Gasteiger partial charge in [-0.05, 0) is 41.8 Å². The highest BCUT2D eigenvalue weighted by Gasteiger charge is 2.20. The Kier molecular flexibility index (Phi) is 9.29. The third-order valence-corrected chi connectivity index (χ3v) is 4.57. The maximum atomic E-state index is 12.7. The first-order valence-corrected chi connectivity index (χ1v) is 9.87. The molecule has 0 aliphatic heterocycles. The zero-order valence-corrected chi connectivity index (χ0v) is 17.9. The van der Waals surface area contributed by atoms with Crippen molar-refractivity contribution in [3.05, 3.63) is 70.7 Å². The molecule has 0 saturated heterocycles. The number of carbonyl (C=O) groups is 1. The van der Waals surface area contributed by atoms with Crippen LogP contribution >= 0.6 is 15.9 Å². The Balaban J connectivity index is 1.98. The number of rotatable bonds is 11. The number of ether oxygens (including phenoxy) is 3. The predicted octanol–water partition coefficient (Wildman–Crippen LogP) is 4.07. The molecule has 0 aliphatic carbocycles. The van der Waals surface area contributed by atoms with E-state index in [9.17, 15) is 4.79 Å². The quantitative estimate of drug-likeness (QED) is 0.408. The van der Waals surface area contributed by atoms with Crippen molar-refractivity contribution in [2.24, 2.45) is 0 Å². The topological polar surface area (TPSA) is 56.8 Å². The van der Waals surface area contributed by atoms with Crippen molar-refractivity contribution in [1.29, 1.82) is 0 Å². The molecule has 1 amide bonds. The molecule has 1 N–H and O–H groups in total. The van der Waals surface area contributed by atoms with Crippen molar-refractivity contribution in [3.8, 4) is 23.8 Å². The Morgan fingerprint density at radius 3 is 2.69 bits per heavy atom. The Morgan fingerprint density at radius 1 is 1.28 bits per heavy atom. The number of methoxy groups -OCH3 is 1. The van der Waals surface area contributed by atoms with Gasteiger partial charge in [-0.1, -0.05) is 46.1 Å². The van der Waals surface area contributed by atoms with Crippen LogP contribution in [0.4, 0.5) is 0 Å². The predicted molar refractivity (Wildman–Crippen MR) is 117 cm³/mol. The highest BCUT2D eigenvalue weighted by molar-refractivity contribution is 9.10. The van der Waals surface area contributed by atoms with Gasteiger partial charge in [0, 0.05) is 11.0 Å². The maximum Gasteiger partial charge on any atom is 0.253 e. The summed E-state index contributed by atoms with van der Waals surface area (Å²) >= 11 is 3.40. The second-order valence-electron chi connectivity index (χ2n) is 6.07. The van der Waals surface area contributed by atoms with E-state index in [0.29, 0.717) is 24.5 Å². The monoisotopic (exact) mass is 457 g/mol. The van der Waals surface area contributed by atoms with E-state index in [0.717, 1.165) is 15.6 Å². The lowest BCUT2D eigenvalue weighted by Gasteiger charge is -2.17. The Bertz CT molecular complexity index is 858. The number of halogens is 1. The van der Waals surface area contributed by atoms with E-state index in [1.807, 2.05) is 42.5 Å². The van der Waals surface area contributed by atoms with E-state index in [4.69, 9.17) is 20.6 Å². The number of benzene rings is 2. The zero-order valence-electron chi connectivity index (χ0n) is 16.3. The van der Waals surface area contributed by atoms with Gasteiger partial charge in [-0.25, -0.2) is 0 Å². The first-order chi connectivity index (χ1) is 14.1. The van der Waals surface area contributed by atoms with Crippen molar-refractivity contribution >= 4 is 21.8 Å². The summed E-state index contributed by atoms with van der Waals surface area (Å²) in [5.74, 6) is 3.42. The molecule has 0 spiro atoms. The van der Waals surface area contributed by atoms with Gasteiger partial charge < -0.3 is 19.5 Å². The van der Waals surface area contributed by atoms with Crippen LogP contribution in [0.3, 0.4) is 0 Å². The molecule has 5 nitrogen and oxygen atoms in total. The van der Waals surface area contributed by atoms with Crippen LogP contribution in [0.2, 0.25) is 0 Å². The van der Waals surface area contributed by atoms with Crippen molar-refractivity contribution < 1.29 is 19.0 Å². The highest BCUT2D eigenvalue weighted by atomic mass is 79.9. The smallest absolute Gasteiger partial charge is 0.253 e. The van der Waals surface area contributed by atoms with Gasteiger partial charge >= 0.3 is 0 Å². The molecule has 0 aromatic heterocycles. The number of nitrogens with one attached hydrogen (secondary N) is 1. The van der Waals surface area contributed by atoms with Gasteiger partial charge in [-0.3, -0.25) is 4.79 Å². The average molecular weight is 458 g/mol. The van der Waals surface area contributed by atoms with E-state index in [2.05, 4.69) is 33.7 Å². The van der Waals surface area contributed by atoms with Crippen LogP contribution in [-0.4, -0.2) is 32.8 Å². The van der Waals surface area contributed by atoms with Crippen LogP contribution in [0.1, 0.15) is 17.2 Å². The number of hydrogen-bond acceptors (Lipinski definition) is 4. The lowest BCUT2D eigenvalue weighted by Crippen LogP contribution is -2.32. The Labute approximate surface area is 180 Å². The summed E-state index contributed by atoms with van der Waals surface area (Å²) < 4.78 is 17.4. The Morgan fingerprint density at radius 2 is 2.03 bits per heavy atom. The van der Waals surface area contributed by atoms with Gasteiger partial charge in [0.1, 0.15) is 6.61 Å². The van der Waals surface area contributed by atoms with Gasteiger partial charge in [0.05, 0.1) is 13.7 Å². The molecular formula is C23H24BrNO4. The fourth-order valence-electron chi connectivity index (χ4n) is 2.65. The van der Waals surface area contributed by atoms with Crippen LogP contribution in [0, 0.1) is 12.3 Å². The Hall–Kier alpha value is -2.75.